The molecule has 13 heavy (non-hydrogen) atoms. The van der Waals surface area contributed by atoms with E-state index < -0.39 is 10.0 Å². The second kappa shape index (κ2) is 4.52. The molecule has 1 heterocycles. The van der Waals surface area contributed by atoms with E-state index in [9.17, 15) is 8.42 Å². The number of nitrogens with zero attached hydrogens (tertiary/aromatic N) is 2. The fourth-order valence-electron chi connectivity index (χ4n) is 0.736. The van der Waals surface area contributed by atoms with Crippen molar-refractivity contribution in [1.29, 1.82) is 0 Å². The molecule has 74 valence electrons. The van der Waals surface area contributed by atoms with Gasteiger partial charge in [0.2, 0.25) is 15.2 Å². The number of aromatic nitrogens is 2. The van der Waals surface area contributed by atoms with Gasteiger partial charge in [-0.15, -0.1) is 10.2 Å². The largest absolute Gasteiger partial charge is 0.257 e. The highest BCUT2D eigenvalue weighted by Crippen LogP contribution is 2.10. The van der Waals surface area contributed by atoms with Crippen molar-refractivity contribution in [3.8, 4) is 0 Å². The van der Waals surface area contributed by atoms with E-state index in [1.165, 1.54) is 16.8 Å². The van der Waals surface area contributed by atoms with Crippen molar-refractivity contribution in [2.75, 3.05) is 10.5 Å². The average molecular weight is 221 g/mol. The highest BCUT2D eigenvalue weighted by molar-refractivity contribution is 7.92. The minimum atomic E-state index is -3.21. The van der Waals surface area contributed by atoms with Crippen molar-refractivity contribution in [2.24, 2.45) is 0 Å². The molecule has 0 aliphatic carbocycles. The Morgan fingerprint density at radius 2 is 2.38 bits per heavy atom. The first kappa shape index (κ1) is 10.4. The highest BCUT2D eigenvalue weighted by atomic mass is 32.2. The Bertz CT molecular complexity index is 333. The molecule has 0 amide bonds. The van der Waals surface area contributed by atoms with Gasteiger partial charge in [0.1, 0.15) is 5.51 Å². The molecular weight excluding hydrogens is 210 g/mol. The third kappa shape index (κ3) is 3.69. The van der Waals surface area contributed by atoms with Gasteiger partial charge in [0.05, 0.1) is 5.75 Å². The minimum Gasteiger partial charge on any atom is -0.257 e. The summed E-state index contributed by atoms with van der Waals surface area (Å²) in [6.07, 6.45) is 1.52. The molecule has 7 heteroatoms. The van der Waals surface area contributed by atoms with Crippen LogP contribution in [-0.2, 0) is 10.0 Å². The van der Waals surface area contributed by atoms with E-state index in [0.717, 1.165) is 6.42 Å². The van der Waals surface area contributed by atoms with Gasteiger partial charge >= 0.3 is 0 Å². The highest BCUT2D eigenvalue weighted by Gasteiger charge is 2.10. The van der Waals surface area contributed by atoms with Gasteiger partial charge in [0.15, 0.2) is 0 Å². The molecule has 0 aliphatic rings. The van der Waals surface area contributed by atoms with Gasteiger partial charge in [-0.1, -0.05) is 24.7 Å². The lowest BCUT2D eigenvalue weighted by Crippen LogP contribution is -2.16. The van der Waals surface area contributed by atoms with Crippen LogP contribution in [0, 0.1) is 0 Å². The first-order valence-electron chi connectivity index (χ1n) is 3.90. The normalized spacial score (nSPS) is 11.5. The molecule has 0 fully saturated rings. The number of hydrogen-bond acceptors (Lipinski definition) is 5. The van der Waals surface area contributed by atoms with Crippen LogP contribution in [0.15, 0.2) is 5.51 Å². The van der Waals surface area contributed by atoms with E-state index >= 15 is 0 Å². The van der Waals surface area contributed by atoms with Gasteiger partial charge < -0.3 is 0 Å². The summed E-state index contributed by atoms with van der Waals surface area (Å²) in [4.78, 5) is 0. The number of hydrogen-bond donors (Lipinski definition) is 1. The van der Waals surface area contributed by atoms with Crippen LogP contribution in [0.3, 0.4) is 0 Å². The zero-order chi connectivity index (χ0) is 9.73. The monoisotopic (exact) mass is 221 g/mol. The van der Waals surface area contributed by atoms with Crippen molar-refractivity contribution in [2.45, 2.75) is 19.8 Å². The maximum Gasteiger partial charge on any atom is 0.234 e. The lowest BCUT2D eigenvalue weighted by atomic mass is 10.4. The van der Waals surface area contributed by atoms with Crippen LogP contribution in [0.1, 0.15) is 19.8 Å². The second-order valence-corrected chi connectivity index (χ2v) is 5.19. The Kier molecular flexibility index (Phi) is 3.61. The van der Waals surface area contributed by atoms with Crippen LogP contribution in [0.4, 0.5) is 5.13 Å². The van der Waals surface area contributed by atoms with Gasteiger partial charge in [-0.05, 0) is 6.42 Å². The molecule has 0 spiro atoms. The second-order valence-electron chi connectivity index (χ2n) is 2.52. The Morgan fingerprint density at radius 1 is 1.62 bits per heavy atom. The SMILES string of the molecule is CCCCS(=O)(=O)Nc1nncs1. The minimum absolute atomic E-state index is 0.142. The Morgan fingerprint density at radius 3 is 2.92 bits per heavy atom. The summed E-state index contributed by atoms with van der Waals surface area (Å²) >= 11 is 1.17. The Hall–Kier alpha value is -0.690. The summed E-state index contributed by atoms with van der Waals surface area (Å²) in [6, 6.07) is 0. The predicted octanol–water partition coefficient (Wildman–Crippen LogP) is 1.08. The van der Waals surface area contributed by atoms with Crippen LogP contribution in [0.25, 0.3) is 0 Å². The van der Waals surface area contributed by atoms with Gasteiger partial charge in [0.25, 0.3) is 0 Å². The molecule has 0 unspecified atom stereocenters. The molecule has 0 saturated heterocycles. The molecule has 0 bridgehead atoms. The maximum absolute atomic E-state index is 11.3. The number of nitrogens with one attached hydrogen (secondary N) is 1. The third-order valence-corrected chi connectivity index (χ3v) is 3.44. The summed E-state index contributed by atoms with van der Waals surface area (Å²) < 4.78 is 24.9. The van der Waals surface area contributed by atoms with E-state index in [-0.39, 0.29) is 5.75 Å². The number of unbranched alkanes of at least 4 members (excludes halogenated alkanes) is 1. The van der Waals surface area contributed by atoms with Crippen LogP contribution < -0.4 is 4.72 Å². The quantitative estimate of drug-likeness (QED) is 0.807. The van der Waals surface area contributed by atoms with Crippen LogP contribution in [-0.4, -0.2) is 24.4 Å². The van der Waals surface area contributed by atoms with Gasteiger partial charge in [-0.25, -0.2) is 8.42 Å². The fraction of sp³-hybridized carbons (Fsp3) is 0.667. The molecule has 1 aromatic heterocycles. The standard InChI is InChI=1S/C6H11N3O2S2/c1-2-3-4-13(10,11)9-6-8-7-5-12-6/h5H,2-4H2,1H3,(H,8,9). The van der Waals surface area contributed by atoms with E-state index in [4.69, 9.17) is 0 Å². The maximum atomic E-state index is 11.3. The molecule has 0 atom stereocenters. The molecular formula is C6H11N3O2S2. The van der Waals surface area contributed by atoms with Crippen molar-refractivity contribution in [3.63, 3.8) is 0 Å². The summed E-state index contributed by atoms with van der Waals surface area (Å²) in [5.74, 6) is 0.142. The van der Waals surface area contributed by atoms with E-state index in [1.54, 1.807) is 0 Å². The number of sulfonamides is 1. The molecule has 1 aromatic rings. The molecule has 1 rings (SSSR count). The number of anilines is 1. The Balaban J connectivity index is 2.53. The molecule has 0 radical (unpaired) electrons. The van der Waals surface area contributed by atoms with Crippen LogP contribution in [0.2, 0.25) is 0 Å². The molecule has 0 aromatic carbocycles. The zero-order valence-electron chi connectivity index (χ0n) is 7.23. The first-order chi connectivity index (χ1) is 6.14. The summed E-state index contributed by atoms with van der Waals surface area (Å²) in [6.45, 7) is 1.94. The van der Waals surface area contributed by atoms with Crippen LogP contribution >= 0.6 is 11.3 Å². The lowest BCUT2D eigenvalue weighted by molar-refractivity contribution is 0.597. The molecule has 0 aliphatic heterocycles. The summed E-state index contributed by atoms with van der Waals surface area (Å²) in [5.41, 5.74) is 1.48. The Labute approximate surface area is 81.2 Å². The lowest BCUT2D eigenvalue weighted by Gasteiger charge is -2.02. The summed E-state index contributed by atoms with van der Waals surface area (Å²) in [7, 11) is -3.21. The van der Waals surface area contributed by atoms with Crippen molar-refractivity contribution in [1.82, 2.24) is 10.2 Å². The average Bonchev–Trinajstić information content (AvgIpc) is 2.52. The zero-order valence-corrected chi connectivity index (χ0v) is 8.86. The van der Waals surface area contributed by atoms with E-state index in [2.05, 4.69) is 14.9 Å². The molecule has 0 saturated carbocycles. The third-order valence-electron chi connectivity index (χ3n) is 1.37. The van der Waals surface area contributed by atoms with Crippen LogP contribution in [0.5, 0.6) is 0 Å². The van der Waals surface area contributed by atoms with Crippen molar-refractivity contribution < 1.29 is 8.42 Å². The van der Waals surface area contributed by atoms with Crippen molar-refractivity contribution >= 4 is 26.5 Å². The van der Waals surface area contributed by atoms with Crippen molar-refractivity contribution in [3.05, 3.63) is 5.51 Å². The van der Waals surface area contributed by atoms with Gasteiger partial charge in [-0.3, -0.25) is 4.72 Å². The smallest absolute Gasteiger partial charge is 0.234 e. The fourth-order valence-corrected chi connectivity index (χ4v) is 2.68. The van der Waals surface area contributed by atoms with E-state index in [1.807, 2.05) is 6.92 Å². The molecule has 5 nitrogen and oxygen atoms in total. The van der Waals surface area contributed by atoms with E-state index in [0.29, 0.717) is 11.6 Å². The van der Waals surface area contributed by atoms with Gasteiger partial charge in [-0.2, -0.15) is 0 Å². The number of rotatable bonds is 5. The first-order valence-corrected chi connectivity index (χ1v) is 6.44. The predicted molar refractivity (Wildman–Crippen MR) is 52.2 cm³/mol. The topological polar surface area (TPSA) is 72.0 Å². The summed E-state index contributed by atoms with van der Waals surface area (Å²) in [5, 5.41) is 7.45. The van der Waals surface area contributed by atoms with Gasteiger partial charge in [0, 0.05) is 0 Å². The molecule has 1 N–H and O–H groups in total.